The van der Waals surface area contributed by atoms with Crippen LogP contribution in [-0.4, -0.2) is 48.8 Å². The Balaban J connectivity index is 1.54. The van der Waals surface area contributed by atoms with Crippen molar-refractivity contribution in [2.24, 2.45) is 5.92 Å². The third-order valence-corrected chi connectivity index (χ3v) is 3.61. The molecule has 0 amide bonds. The van der Waals surface area contributed by atoms with Gasteiger partial charge >= 0.3 is 0 Å². The highest BCUT2D eigenvalue weighted by Crippen LogP contribution is 2.21. The summed E-state index contributed by atoms with van der Waals surface area (Å²) in [5, 5.41) is 12.4. The summed E-state index contributed by atoms with van der Waals surface area (Å²) in [5.74, 6) is 0.899. The van der Waals surface area contributed by atoms with E-state index in [-0.39, 0.29) is 0 Å². The van der Waals surface area contributed by atoms with Crippen molar-refractivity contribution in [3.63, 3.8) is 0 Å². The number of aliphatic hydroxyl groups excluding tert-OH is 1. The predicted molar refractivity (Wildman–Crippen MR) is 61.9 cm³/mol. The molecule has 1 saturated heterocycles. The molecule has 2 fully saturated rings. The second kappa shape index (κ2) is 5.83. The van der Waals surface area contributed by atoms with E-state index >= 15 is 0 Å². The molecular formula is C12H24N2O. The van der Waals surface area contributed by atoms with Crippen molar-refractivity contribution in [1.82, 2.24) is 10.2 Å². The molecule has 0 unspecified atom stereocenters. The molecule has 0 atom stereocenters. The van der Waals surface area contributed by atoms with Crippen LogP contribution in [0.4, 0.5) is 0 Å². The first-order valence-electron chi connectivity index (χ1n) is 6.45. The molecule has 3 nitrogen and oxygen atoms in total. The van der Waals surface area contributed by atoms with Gasteiger partial charge in [0.25, 0.3) is 0 Å². The fraction of sp³-hybridized carbons (Fsp3) is 1.00. The van der Waals surface area contributed by atoms with E-state index in [2.05, 4.69) is 10.2 Å². The van der Waals surface area contributed by atoms with Gasteiger partial charge in [-0.1, -0.05) is 0 Å². The molecule has 0 spiro atoms. The normalized spacial score (nSPS) is 24.6. The van der Waals surface area contributed by atoms with Crippen LogP contribution in [0.3, 0.4) is 0 Å². The lowest BCUT2D eigenvalue weighted by molar-refractivity contribution is 0.166. The van der Waals surface area contributed by atoms with Crippen molar-refractivity contribution in [2.75, 3.05) is 32.8 Å². The Kier molecular flexibility index (Phi) is 4.42. The van der Waals surface area contributed by atoms with Crippen LogP contribution in [-0.2, 0) is 0 Å². The van der Waals surface area contributed by atoms with E-state index in [9.17, 15) is 0 Å². The number of piperidine rings is 1. The highest BCUT2D eigenvalue weighted by molar-refractivity contribution is 4.83. The lowest BCUT2D eigenvalue weighted by atomic mass is 9.96. The lowest BCUT2D eigenvalue weighted by Crippen LogP contribution is -2.38. The lowest BCUT2D eigenvalue weighted by Gasteiger charge is -2.31. The maximum atomic E-state index is 8.76. The van der Waals surface area contributed by atoms with Gasteiger partial charge < -0.3 is 15.3 Å². The molecule has 0 radical (unpaired) electrons. The molecule has 1 heterocycles. The van der Waals surface area contributed by atoms with E-state index in [4.69, 9.17) is 5.11 Å². The van der Waals surface area contributed by atoms with Crippen LogP contribution in [0.2, 0.25) is 0 Å². The highest BCUT2D eigenvalue weighted by Gasteiger charge is 2.23. The van der Waals surface area contributed by atoms with Crippen LogP contribution >= 0.6 is 0 Å². The van der Waals surface area contributed by atoms with Gasteiger partial charge in [0, 0.05) is 19.2 Å². The smallest absolute Gasteiger partial charge is 0.0443 e. The third-order valence-electron chi connectivity index (χ3n) is 3.61. The second-order valence-corrected chi connectivity index (χ2v) is 5.04. The number of rotatable bonds is 6. The van der Waals surface area contributed by atoms with Gasteiger partial charge in [0.1, 0.15) is 0 Å². The van der Waals surface area contributed by atoms with Gasteiger partial charge in [0.15, 0.2) is 0 Å². The Labute approximate surface area is 92.8 Å². The molecule has 1 aliphatic heterocycles. The van der Waals surface area contributed by atoms with Gasteiger partial charge in [-0.3, -0.25) is 0 Å². The van der Waals surface area contributed by atoms with Crippen LogP contribution in [0.25, 0.3) is 0 Å². The SMILES string of the molecule is OCCCN1CCC(CNC2CC2)CC1. The summed E-state index contributed by atoms with van der Waals surface area (Å²) >= 11 is 0. The van der Waals surface area contributed by atoms with Crippen molar-refractivity contribution in [3.8, 4) is 0 Å². The van der Waals surface area contributed by atoms with Crippen LogP contribution in [0.15, 0.2) is 0 Å². The van der Waals surface area contributed by atoms with Gasteiger partial charge in [-0.25, -0.2) is 0 Å². The summed E-state index contributed by atoms with van der Waals surface area (Å²) in [6.07, 6.45) is 6.41. The molecule has 0 aromatic heterocycles. The average molecular weight is 212 g/mol. The fourth-order valence-corrected chi connectivity index (χ4v) is 2.33. The zero-order valence-corrected chi connectivity index (χ0v) is 9.62. The Bertz CT molecular complexity index is 174. The minimum Gasteiger partial charge on any atom is -0.396 e. The zero-order chi connectivity index (χ0) is 10.5. The molecular weight excluding hydrogens is 188 g/mol. The summed E-state index contributed by atoms with van der Waals surface area (Å²) in [4.78, 5) is 2.49. The van der Waals surface area contributed by atoms with E-state index in [1.807, 2.05) is 0 Å². The number of nitrogens with one attached hydrogen (secondary N) is 1. The molecule has 0 aromatic carbocycles. The second-order valence-electron chi connectivity index (χ2n) is 5.04. The van der Waals surface area contributed by atoms with Crippen molar-refractivity contribution < 1.29 is 5.11 Å². The molecule has 1 aliphatic carbocycles. The molecule has 0 aromatic rings. The number of hydrogen-bond acceptors (Lipinski definition) is 3. The summed E-state index contributed by atoms with van der Waals surface area (Å²) in [7, 11) is 0. The monoisotopic (exact) mass is 212 g/mol. The van der Waals surface area contributed by atoms with Crippen LogP contribution in [0.5, 0.6) is 0 Å². The summed E-state index contributed by atoms with van der Waals surface area (Å²) in [6.45, 7) is 5.12. The first-order valence-corrected chi connectivity index (χ1v) is 6.45. The van der Waals surface area contributed by atoms with Gasteiger partial charge in [0.05, 0.1) is 0 Å². The van der Waals surface area contributed by atoms with Gasteiger partial charge in [-0.2, -0.15) is 0 Å². The quantitative estimate of drug-likeness (QED) is 0.684. The molecule has 88 valence electrons. The fourth-order valence-electron chi connectivity index (χ4n) is 2.33. The maximum absolute atomic E-state index is 8.76. The van der Waals surface area contributed by atoms with Crippen molar-refractivity contribution in [2.45, 2.75) is 38.1 Å². The average Bonchev–Trinajstić information content (AvgIpc) is 3.09. The van der Waals surface area contributed by atoms with E-state index in [1.54, 1.807) is 0 Å². The van der Waals surface area contributed by atoms with E-state index < -0.39 is 0 Å². The first kappa shape index (κ1) is 11.4. The molecule has 3 heteroatoms. The van der Waals surface area contributed by atoms with Gasteiger partial charge in [-0.05, 0) is 57.7 Å². The van der Waals surface area contributed by atoms with Crippen LogP contribution < -0.4 is 5.32 Å². The number of likely N-dealkylation sites (tertiary alicyclic amines) is 1. The first-order chi connectivity index (χ1) is 7.38. The Morgan fingerprint density at radius 2 is 1.87 bits per heavy atom. The Hall–Kier alpha value is -0.120. The number of aliphatic hydroxyl groups is 1. The molecule has 2 rings (SSSR count). The predicted octanol–water partition coefficient (Wildman–Crippen LogP) is 0.833. The summed E-state index contributed by atoms with van der Waals surface area (Å²) < 4.78 is 0. The highest BCUT2D eigenvalue weighted by atomic mass is 16.3. The van der Waals surface area contributed by atoms with E-state index in [0.29, 0.717) is 6.61 Å². The largest absolute Gasteiger partial charge is 0.396 e. The maximum Gasteiger partial charge on any atom is 0.0443 e. The van der Waals surface area contributed by atoms with Crippen LogP contribution in [0, 0.1) is 5.92 Å². The Morgan fingerprint density at radius 1 is 1.13 bits per heavy atom. The molecule has 2 aliphatic rings. The molecule has 0 bridgehead atoms. The van der Waals surface area contributed by atoms with Crippen molar-refractivity contribution >= 4 is 0 Å². The zero-order valence-electron chi connectivity index (χ0n) is 9.62. The topological polar surface area (TPSA) is 35.5 Å². The van der Waals surface area contributed by atoms with Gasteiger partial charge in [-0.15, -0.1) is 0 Å². The minimum atomic E-state index is 0.336. The summed E-state index contributed by atoms with van der Waals surface area (Å²) in [5.41, 5.74) is 0. The third kappa shape index (κ3) is 4.09. The van der Waals surface area contributed by atoms with Crippen molar-refractivity contribution in [3.05, 3.63) is 0 Å². The van der Waals surface area contributed by atoms with E-state index in [1.165, 1.54) is 45.3 Å². The number of hydrogen-bond donors (Lipinski definition) is 2. The molecule has 1 saturated carbocycles. The van der Waals surface area contributed by atoms with Crippen LogP contribution in [0.1, 0.15) is 32.1 Å². The van der Waals surface area contributed by atoms with Gasteiger partial charge in [0.2, 0.25) is 0 Å². The Morgan fingerprint density at radius 3 is 2.47 bits per heavy atom. The molecule has 15 heavy (non-hydrogen) atoms. The summed E-state index contributed by atoms with van der Waals surface area (Å²) in [6, 6.07) is 0.859. The minimum absolute atomic E-state index is 0.336. The van der Waals surface area contributed by atoms with Crippen molar-refractivity contribution in [1.29, 1.82) is 0 Å². The van der Waals surface area contributed by atoms with E-state index in [0.717, 1.165) is 24.9 Å². The standard InChI is InChI=1S/C12H24N2O/c15-9-1-6-14-7-4-11(5-8-14)10-13-12-2-3-12/h11-13,15H,1-10H2. The number of nitrogens with zero attached hydrogens (tertiary/aromatic N) is 1. The molecule has 2 N–H and O–H groups in total.